The maximum absolute atomic E-state index is 6.86. The zero-order valence-electron chi connectivity index (χ0n) is 35.4. The summed E-state index contributed by atoms with van der Waals surface area (Å²) in [5.74, 6) is 2.18. The summed E-state index contributed by atoms with van der Waals surface area (Å²) in [6, 6.07) is 46.5. The molecule has 0 spiro atoms. The molecule has 58 heavy (non-hydrogen) atoms. The van der Waals surface area contributed by atoms with Crippen molar-refractivity contribution < 1.29 is 25.8 Å². The van der Waals surface area contributed by atoms with E-state index in [0.29, 0.717) is 11.5 Å². The van der Waals surface area contributed by atoms with Gasteiger partial charge in [-0.25, -0.2) is 4.98 Å². The van der Waals surface area contributed by atoms with E-state index in [1.165, 1.54) is 16.7 Å². The molecule has 0 bridgehead atoms. The molecule has 6 heteroatoms. The normalized spacial score (nSPS) is 13.3. The molecular formula is C52H55N4OPt-3. The molecule has 0 radical (unpaired) electrons. The number of benzene rings is 5. The Hall–Kier alpha value is -4.86. The number of ether oxygens (including phenoxy) is 1. The number of hydrogen-bond acceptors (Lipinski definition) is 4. The summed E-state index contributed by atoms with van der Waals surface area (Å²) in [7, 11) is 0. The Labute approximate surface area is 360 Å². The number of rotatable bonds is 11. The van der Waals surface area contributed by atoms with Crippen LogP contribution in [0.3, 0.4) is 0 Å². The van der Waals surface area contributed by atoms with E-state index in [2.05, 4.69) is 199 Å². The van der Waals surface area contributed by atoms with Crippen LogP contribution in [0.1, 0.15) is 105 Å². The SMILES string of the molecule is CCC(C)(CC)c1cc(Oc2[c-]c3c(cc2)c2ccccc2n3-c2cc(C(C)(CC)CC)ccn2)[c-]c(N2[CH-]N(c3cccc(C(C)(C)C)c3)c3ccccc32)c1.[Pt]. The number of nitrogens with zero attached hydrogens (tertiary/aromatic N) is 4. The third-order valence-electron chi connectivity index (χ3n) is 13.0. The van der Waals surface area contributed by atoms with Gasteiger partial charge in [0.2, 0.25) is 0 Å². The van der Waals surface area contributed by atoms with E-state index in [1.54, 1.807) is 0 Å². The molecule has 302 valence electrons. The number of hydrogen-bond donors (Lipinski definition) is 0. The Balaban J connectivity index is 0.00000512. The molecule has 3 heterocycles. The van der Waals surface area contributed by atoms with Gasteiger partial charge in [0, 0.05) is 61.3 Å². The van der Waals surface area contributed by atoms with Crippen molar-refractivity contribution in [1.29, 1.82) is 0 Å². The Bertz CT molecular complexity index is 2570. The molecular weight excluding hydrogens is 892 g/mol. The van der Waals surface area contributed by atoms with Crippen molar-refractivity contribution in [3.8, 4) is 17.3 Å². The van der Waals surface area contributed by atoms with Crippen LogP contribution in [0.25, 0.3) is 27.6 Å². The van der Waals surface area contributed by atoms with Gasteiger partial charge < -0.3 is 19.1 Å². The molecule has 0 unspecified atom stereocenters. The topological polar surface area (TPSA) is 33.5 Å². The largest absolute Gasteiger partial charge is 0.509 e. The van der Waals surface area contributed by atoms with Crippen molar-refractivity contribution in [3.63, 3.8) is 0 Å². The smallest absolute Gasteiger partial charge is 0.135 e. The zero-order chi connectivity index (χ0) is 40.1. The average molecular weight is 947 g/mol. The summed E-state index contributed by atoms with van der Waals surface area (Å²) >= 11 is 0. The second-order valence-corrected chi connectivity index (χ2v) is 17.2. The Morgan fingerprint density at radius 3 is 1.98 bits per heavy atom. The van der Waals surface area contributed by atoms with Crippen LogP contribution in [-0.2, 0) is 37.3 Å². The van der Waals surface area contributed by atoms with Gasteiger partial charge in [0.25, 0.3) is 0 Å². The van der Waals surface area contributed by atoms with Crippen LogP contribution >= 0.6 is 0 Å². The van der Waals surface area contributed by atoms with Crippen LogP contribution in [0.5, 0.6) is 11.5 Å². The predicted molar refractivity (Wildman–Crippen MR) is 239 cm³/mol. The molecule has 1 aliphatic rings. The van der Waals surface area contributed by atoms with Crippen molar-refractivity contribution in [1.82, 2.24) is 9.55 Å². The van der Waals surface area contributed by atoms with Crippen LogP contribution in [0, 0.1) is 18.8 Å². The minimum Gasteiger partial charge on any atom is -0.509 e. The van der Waals surface area contributed by atoms with Crippen LogP contribution in [0.15, 0.2) is 115 Å². The van der Waals surface area contributed by atoms with Gasteiger partial charge in [-0.2, -0.15) is 6.07 Å². The summed E-state index contributed by atoms with van der Waals surface area (Å²) in [4.78, 5) is 9.48. The molecule has 0 aliphatic carbocycles. The number of anilines is 4. The van der Waals surface area contributed by atoms with Crippen molar-refractivity contribution in [2.45, 2.75) is 104 Å². The molecule has 0 saturated carbocycles. The second-order valence-electron chi connectivity index (χ2n) is 17.2. The van der Waals surface area contributed by atoms with E-state index in [9.17, 15) is 0 Å². The molecule has 0 amide bonds. The molecule has 7 aromatic rings. The van der Waals surface area contributed by atoms with Gasteiger partial charge in [0.1, 0.15) is 5.82 Å². The van der Waals surface area contributed by atoms with Gasteiger partial charge >= 0.3 is 0 Å². The Kier molecular flexibility index (Phi) is 11.4. The number of fused-ring (bicyclic) bond motifs is 4. The fourth-order valence-electron chi connectivity index (χ4n) is 8.22. The average Bonchev–Trinajstić information content (AvgIpc) is 3.79. The summed E-state index contributed by atoms with van der Waals surface area (Å²) in [6.45, 7) is 22.8. The summed E-state index contributed by atoms with van der Waals surface area (Å²) in [6.07, 6.45) is 6.06. The van der Waals surface area contributed by atoms with E-state index in [0.717, 1.165) is 76.1 Å². The molecule has 5 aromatic carbocycles. The van der Waals surface area contributed by atoms with Gasteiger partial charge in [-0.15, -0.1) is 53.6 Å². The fraction of sp³-hybridized carbons (Fsp3) is 0.308. The first-order valence-electron chi connectivity index (χ1n) is 20.7. The molecule has 8 rings (SSSR count). The molecule has 1 aliphatic heterocycles. The first kappa shape index (κ1) is 41.3. The van der Waals surface area contributed by atoms with Crippen molar-refractivity contribution in [2.75, 3.05) is 9.80 Å². The summed E-state index contributed by atoms with van der Waals surface area (Å²) in [5.41, 5.74) is 10.2. The molecule has 2 aromatic heterocycles. The maximum Gasteiger partial charge on any atom is 0.135 e. The number of pyridine rings is 1. The molecule has 0 saturated heterocycles. The fourth-order valence-corrected chi connectivity index (χ4v) is 8.22. The van der Waals surface area contributed by atoms with Gasteiger partial charge in [-0.3, -0.25) is 0 Å². The zero-order valence-corrected chi connectivity index (χ0v) is 37.7. The van der Waals surface area contributed by atoms with E-state index in [1.807, 2.05) is 12.3 Å². The molecule has 0 N–H and O–H groups in total. The van der Waals surface area contributed by atoms with Crippen molar-refractivity contribution in [3.05, 3.63) is 151 Å². The quantitative estimate of drug-likeness (QED) is 0.121. The van der Waals surface area contributed by atoms with Crippen LogP contribution in [-0.4, -0.2) is 9.55 Å². The third kappa shape index (κ3) is 7.36. The monoisotopic (exact) mass is 946 g/mol. The van der Waals surface area contributed by atoms with Gasteiger partial charge in [-0.1, -0.05) is 110 Å². The van der Waals surface area contributed by atoms with E-state index in [-0.39, 0.29) is 37.3 Å². The maximum atomic E-state index is 6.86. The number of aromatic nitrogens is 2. The third-order valence-corrected chi connectivity index (χ3v) is 13.0. The summed E-state index contributed by atoms with van der Waals surface area (Å²) < 4.78 is 9.10. The van der Waals surface area contributed by atoms with Crippen LogP contribution < -0.4 is 14.5 Å². The van der Waals surface area contributed by atoms with Crippen LogP contribution in [0.4, 0.5) is 22.7 Å². The Morgan fingerprint density at radius 2 is 1.28 bits per heavy atom. The first-order chi connectivity index (χ1) is 27.4. The number of para-hydroxylation sites is 3. The van der Waals surface area contributed by atoms with Crippen LogP contribution in [0.2, 0.25) is 0 Å². The van der Waals surface area contributed by atoms with E-state index >= 15 is 0 Å². The van der Waals surface area contributed by atoms with E-state index in [4.69, 9.17) is 9.72 Å². The minimum atomic E-state index is -0.0514. The van der Waals surface area contributed by atoms with Crippen molar-refractivity contribution >= 4 is 44.6 Å². The summed E-state index contributed by atoms with van der Waals surface area (Å²) in [5, 5.41) is 2.27. The van der Waals surface area contributed by atoms with Gasteiger partial charge in [0.05, 0.1) is 0 Å². The second kappa shape index (κ2) is 16.1. The van der Waals surface area contributed by atoms with Gasteiger partial charge in [-0.05, 0) is 101 Å². The standard InChI is InChI=1S/C52H55N4O.Pt/c1-10-51(8,11-2)37-27-28-53-49(32-37)56-45-22-15-14-21-43(45)44-26-25-41(34-48(44)56)57-42-31-38(52(9,12-3)13-4)30-40(33-42)55-35-54(46-23-16-17-24-47(46)55)39-20-18-19-36(29-39)50(5,6)7;/h14-32,35H,10-13H2,1-9H3;/q-3;. The van der Waals surface area contributed by atoms with Gasteiger partial charge in [0.15, 0.2) is 0 Å². The molecule has 5 nitrogen and oxygen atoms in total. The molecule has 0 atom stereocenters. The van der Waals surface area contributed by atoms with E-state index < -0.39 is 0 Å². The first-order valence-corrected chi connectivity index (χ1v) is 20.7. The molecule has 0 fully saturated rings. The van der Waals surface area contributed by atoms with Crippen molar-refractivity contribution in [2.24, 2.45) is 0 Å². The Morgan fingerprint density at radius 1 is 0.603 bits per heavy atom. The minimum absolute atomic E-state index is 0. The predicted octanol–water partition coefficient (Wildman–Crippen LogP) is 14.4.